The Bertz CT molecular complexity index is 967. The van der Waals surface area contributed by atoms with Gasteiger partial charge in [-0.2, -0.15) is 0 Å². The summed E-state index contributed by atoms with van der Waals surface area (Å²) in [5.41, 5.74) is 2.34. The van der Waals surface area contributed by atoms with Crippen molar-refractivity contribution in [3.8, 4) is 11.4 Å². The fraction of sp³-hybridized carbons (Fsp3) is 0.391. The van der Waals surface area contributed by atoms with Gasteiger partial charge < -0.3 is 20.9 Å². The highest BCUT2D eigenvalue weighted by Gasteiger charge is 2.39. The van der Waals surface area contributed by atoms with Crippen molar-refractivity contribution in [1.29, 1.82) is 0 Å². The number of likely N-dealkylation sites (tertiary alicyclic amines) is 1. The van der Waals surface area contributed by atoms with E-state index in [1.165, 1.54) is 13.0 Å². The maximum atomic E-state index is 13.0. The Kier molecular flexibility index (Phi) is 7.40. The minimum Gasteiger partial charge on any atom is -0.393 e. The summed E-state index contributed by atoms with van der Waals surface area (Å²) in [7, 11) is 3.63. The van der Waals surface area contributed by atoms with E-state index in [-0.39, 0.29) is 18.2 Å². The molecule has 3 N–H and O–H groups in total. The molecule has 1 fully saturated rings. The van der Waals surface area contributed by atoms with Crippen LogP contribution in [0.1, 0.15) is 25.3 Å². The second-order valence-corrected chi connectivity index (χ2v) is 7.83. The van der Waals surface area contributed by atoms with E-state index in [0.717, 1.165) is 17.5 Å². The van der Waals surface area contributed by atoms with Crippen LogP contribution in [0.15, 0.2) is 48.6 Å². The summed E-state index contributed by atoms with van der Waals surface area (Å²) in [5.74, 6) is -0.494. The molecule has 3 heterocycles. The maximum absolute atomic E-state index is 13.0. The lowest BCUT2D eigenvalue weighted by atomic mass is 9.84. The number of nitrogens with one attached hydrogen (secondary N) is 3. The van der Waals surface area contributed by atoms with Gasteiger partial charge in [-0.25, -0.2) is 4.39 Å². The smallest absolute Gasteiger partial charge is 0.227 e. The fourth-order valence-electron chi connectivity index (χ4n) is 4.02. The molecule has 0 unspecified atom stereocenters. The van der Waals surface area contributed by atoms with E-state index in [0.29, 0.717) is 37.3 Å². The van der Waals surface area contributed by atoms with Crippen molar-refractivity contribution in [1.82, 2.24) is 30.8 Å². The zero-order valence-corrected chi connectivity index (χ0v) is 18.6. The Morgan fingerprint density at radius 3 is 2.25 bits per heavy atom. The molecular weight excluding hydrogens is 411 g/mol. The zero-order chi connectivity index (χ0) is 23.1. The number of carbonyl (C=O) groups is 2. The summed E-state index contributed by atoms with van der Waals surface area (Å²) in [5, 5.41) is 9.26. The lowest BCUT2D eigenvalue weighted by Crippen LogP contribution is -2.59. The SMILES string of the molecule is CN/C=C(\NC)C1(NC(C)=O)CCN(C(=O)Cc2ccc(-c3ccc(F)cn3)nc2)CC1. The molecule has 3 rings (SSSR count). The van der Waals surface area contributed by atoms with Gasteiger partial charge in [0.15, 0.2) is 0 Å². The van der Waals surface area contributed by atoms with Crippen molar-refractivity contribution in [2.75, 3.05) is 27.2 Å². The second-order valence-electron chi connectivity index (χ2n) is 7.83. The average molecular weight is 441 g/mol. The number of pyridine rings is 2. The van der Waals surface area contributed by atoms with Gasteiger partial charge in [0, 0.05) is 46.5 Å². The van der Waals surface area contributed by atoms with E-state index in [9.17, 15) is 14.0 Å². The molecule has 2 aromatic heterocycles. The number of hydrogen-bond acceptors (Lipinski definition) is 6. The minimum absolute atomic E-state index is 0.0134. The first kappa shape index (κ1) is 23.2. The molecule has 2 aromatic rings. The number of halogens is 1. The Morgan fingerprint density at radius 2 is 1.75 bits per heavy atom. The zero-order valence-electron chi connectivity index (χ0n) is 18.6. The number of hydrogen-bond donors (Lipinski definition) is 3. The first-order chi connectivity index (χ1) is 15.4. The monoisotopic (exact) mass is 440 g/mol. The molecule has 0 saturated carbocycles. The van der Waals surface area contributed by atoms with E-state index in [2.05, 4.69) is 25.9 Å². The highest BCUT2D eigenvalue weighted by molar-refractivity contribution is 5.79. The van der Waals surface area contributed by atoms with E-state index in [4.69, 9.17) is 0 Å². The van der Waals surface area contributed by atoms with Crippen molar-refractivity contribution in [3.63, 3.8) is 0 Å². The highest BCUT2D eigenvalue weighted by atomic mass is 19.1. The summed E-state index contributed by atoms with van der Waals surface area (Å²) < 4.78 is 13.0. The molecule has 0 radical (unpaired) electrons. The number of aromatic nitrogens is 2. The van der Waals surface area contributed by atoms with Gasteiger partial charge in [-0.15, -0.1) is 0 Å². The molecule has 1 aliphatic rings. The summed E-state index contributed by atoms with van der Waals surface area (Å²) in [4.78, 5) is 34.9. The topological polar surface area (TPSA) is 99.2 Å². The van der Waals surface area contributed by atoms with Crippen molar-refractivity contribution >= 4 is 11.8 Å². The third kappa shape index (κ3) is 5.40. The van der Waals surface area contributed by atoms with Crippen LogP contribution in [-0.2, 0) is 16.0 Å². The molecule has 170 valence electrons. The van der Waals surface area contributed by atoms with Crippen molar-refractivity contribution in [3.05, 3.63) is 59.9 Å². The number of rotatable bonds is 7. The molecule has 0 aliphatic carbocycles. The van der Waals surface area contributed by atoms with Crippen LogP contribution in [0.3, 0.4) is 0 Å². The molecular formula is C23H29FN6O2. The summed E-state index contributed by atoms with van der Waals surface area (Å²) in [6, 6.07) is 6.53. The lowest BCUT2D eigenvalue weighted by Gasteiger charge is -2.43. The fourth-order valence-corrected chi connectivity index (χ4v) is 4.02. The standard InChI is InChI=1S/C23H29FN6O2/c1-16(31)29-23(21(26-3)15-25-2)8-10-30(11-9-23)22(32)12-17-4-6-19(27-13-17)20-7-5-18(24)14-28-20/h4-7,13-15,25-26H,8-12H2,1-3H3,(H,29,31)/b21-15-. The second kappa shape index (κ2) is 10.2. The normalized spacial score (nSPS) is 15.8. The van der Waals surface area contributed by atoms with E-state index >= 15 is 0 Å². The summed E-state index contributed by atoms with van der Waals surface area (Å²) >= 11 is 0. The number of amides is 2. The van der Waals surface area contributed by atoms with Crippen LogP contribution in [0.4, 0.5) is 4.39 Å². The molecule has 32 heavy (non-hydrogen) atoms. The van der Waals surface area contributed by atoms with Gasteiger partial charge in [-0.3, -0.25) is 19.6 Å². The van der Waals surface area contributed by atoms with Crippen LogP contribution >= 0.6 is 0 Å². The van der Waals surface area contributed by atoms with Gasteiger partial charge in [-0.1, -0.05) is 6.07 Å². The first-order valence-electron chi connectivity index (χ1n) is 10.6. The number of piperidine rings is 1. The molecule has 0 aromatic carbocycles. The quantitative estimate of drug-likeness (QED) is 0.605. The third-order valence-corrected chi connectivity index (χ3v) is 5.63. The van der Waals surface area contributed by atoms with Gasteiger partial charge in [-0.05, 0) is 36.6 Å². The number of likely N-dealkylation sites (N-methyl/N-ethyl adjacent to an activating group) is 1. The van der Waals surface area contributed by atoms with Crippen molar-refractivity contribution < 1.29 is 14.0 Å². The van der Waals surface area contributed by atoms with Crippen LogP contribution < -0.4 is 16.0 Å². The molecule has 9 heteroatoms. The molecule has 8 nitrogen and oxygen atoms in total. The predicted molar refractivity (Wildman–Crippen MR) is 120 cm³/mol. The average Bonchev–Trinajstić information content (AvgIpc) is 2.78. The molecule has 0 atom stereocenters. The Morgan fingerprint density at radius 1 is 1.09 bits per heavy atom. The van der Waals surface area contributed by atoms with E-state index in [1.807, 2.05) is 31.3 Å². The summed E-state index contributed by atoms with van der Waals surface area (Å²) in [6.45, 7) is 2.57. The van der Waals surface area contributed by atoms with Crippen LogP contribution in [0.5, 0.6) is 0 Å². The number of carbonyl (C=O) groups excluding carboxylic acids is 2. The minimum atomic E-state index is -0.536. The maximum Gasteiger partial charge on any atom is 0.227 e. The highest BCUT2D eigenvalue weighted by Crippen LogP contribution is 2.29. The predicted octanol–water partition coefficient (Wildman–Crippen LogP) is 1.60. The van der Waals surface area contributed by atoms with Crippen LogP contribution in [-0.4, -0.2) is 59.4 Å². The van der Waals surface area contributed by atoms with Gasteiger partial charge >= 0.3 is 0 Å². The third-order valence-electron chi connectivity index (χ3n) is 5.63. The van der Waals surface area contributed by atoms with E-state index < -0.39 is 11.4 Å². The molecule has 1 saturated heterocycles. The summed E-state index contributed by atoms with van der Waals surface area (Å²) in [6.07, 6.45) is 6.11. The van der Waals surface area contributed by atoms with Gasteiger partial charge in [0.05, 0.1) is 35.2 Å². The van der Waals surface area contributed by atoms with Crippen LogP contribution in [0.2, 0.25) is 0 Å². The van der Waals surface area contributed by atoms with Gasteiger partial charge in [0.1, 0.15) is 5.82 Å². The molecule has 2 amide bonds. The van der Waals surface area contributed by atoms with Crippen molar-refractivity contribution in [2.45, 2.75) is 31.7 Å². The van der Waals surface area contributed by atoms with Crippen LogP contribution in [0.25, 0.3) is 11.4 Å². The molecule has 0 spiro atoms. The Balaban J connectivity index is 1.64. The van der Waals surface area contributed by atoms with E-state index in [1.54, 1.807) is 18.3 Å². The molecule has 0 bridgehead atoms. The molecule has 1 aliphatic heterocycles. The van der Waals surface area contributed by atoms with Crippen molar-refractivity contribution in [2.24, 2.45) is 0 Å². The first-order valence-corrected chi connectivity index (χ1v) is 10.6. The largest absolute Gasteiger partial charge is 0.393 e. The van der Waals surface area contributed by atoms with Gasteiger partial charge in [0.25, 0.3) is 0 Å². The Hall–Kier alpha value is -3.49. The van der Waals surface area contributed by atoms with Crippen LogP contribution in [0, 0.1) is 5.82 Å². The van der Waals surface area contributed by atoms with Gasteiger partial charge in [0.2, 0.25) is 11.8 Å². The Labute approximate surface area is 187 Å². The number of nitrogens with zero attached hydrogens (tertiary/aromatic N) is 3. The lowest BCUT2D eigenvalue weighted by molar-refractivity contribution is -0.132.